The van der Waals surface area contributed by atoms with E-state index < -0.39 is 0 Å². The van der Waals surface area contributed by atoms with Crippen molar-refractivity contribution in [1.82, 2.24) is 10.6 Å². The first-order valence-corrected chi connectivity index (χ1v) is 7.19. The molecule has 1 aliphatic rings. The molecule has 1 fully saturated rings. The third-order valence-corrected chi connectivity index (χ3v) is 3.09. The van der Waals surface area contributed by atoms with Crippen molar-refractivity contribution in [3.05, 3.63) is 30.1 Å². The molecule has 0 saturated heterocycles. The Balaban J connectivity index is 1.53. The van der Waals surface area contributed by atoms with Gasteiger partial charge >= 0.3 is 0 Å². The van der Waals surface area contributed by atoms with Crippen LogP contribution in [0.5, 0.6) is 0 Å². The molecule has 0 unspecified atom stereocenters. The number of amides is 2. The van der Waals surface area contributed by atoms with Gasteiger partial charge in [0.05, 0.1) is 6.54 Å². The molecule has 2 rings (SSSR count). The zero-order valence-electron chi connectivity index (χ0n) is 11.8. The maximum absolute atomic E-state index is 12.9. The standard InChI is InChI=1S/C15H20FN3O2/c16-11-3-1-4-13(9-11)19-15(21)10-17-8-2-5-14(20)18-12-6-7-12/h1,3-4,9,12,17H,2,5-8,10H2,(H,18,20)(H,19,21). The fraction of sp³-hybridized carbons (Fsp3) is 0.467. The summed E-state index contributed by atoms with van der Waals surface area (Å²) in [5.74, 6) is -0.547. The summed E-state index contributed by atoms with van der Waals surface area (Å²) < 4.78 is 12.9. The van der Waals surface area contributed by atoms with Gasteiger partial charge in [0.15, 0.2) is 0 Å². The van der Waals surface area contributed by atoms with Crippen molar-refractivity contribution < 1.29 is 14.0 Å². The van der Waals surface area contributed by atoms with Crippen molar-refractivity contribution in [2.24, 2.45) is 0 Å². The molecule has 0 bridgehead atoms. The molecule has 21 heavy (non-hydrogen) atoms. The molecule has 0 atom stereocenters. The summed E-state index contributed by atoms with van der Waals surface area (Å²) in [4.78, 5) is 23.0. The van der Waals surface area contributed by atoms with E-state index in [1.807, 2.05) is 0 Å². The monoisotopic (exact) mass is 293 g/mol. The van der Waals surface area contributed by atoms with Crippen molar-refractivity contribution in [2.45, 2.75) is 31.7 Å². The first-order chi connectivity index (χ1) is 10.1. The van der Waals surface area contributed by atoms with Crippen LogP contribution in [0.4, 0.5) is 10.1 Å². The second-order valence-corrected chi connectivity index (χ2v) is 5.18. The molecule has 3 N–H and O–H groups in total. The van der Waals surface area contributed by atoms with Crippen LogP contribution >= 0.6 is 0 Å². The maximum atomic E-state index is 12.9. The summed E-state index contributed by atoms with van der Waals surface area (Å²) in [6, 6.07) is 6.14. The van der Waals surface area contributed by atoms with Gasteiger partial charge in [-0.3, -0.25) is 9.59 Å². The third kappa shape index (κ3) is 6.35. The molecular formula is C15H20FN3O2. The Morgan fingerprint density at radius 1 is 1.24 bits per heavy atom. The lowest BCUT2D eigenvalue weighted by molar-refractivity contribution is -0.121. The van der Waals surface area contributed by atoms with E-state index in [-0.39, 0.29) is 24.2 Å². The van der Waals surface area contributed by atoms with Crippen LogP contribution in [0.15, 0.2) is 24.3 Å². The van der Waals surface area contributed by atoms with E-state index in [0.717, 1.165) is 12.8 Å². The third-order valence-electron chi connectivity index (χ3n) is 3.09. The van der Waals surface area contributed by atoms with E-state index in [9.17, 15) is 14.0 Å². The molecule has 114 valence electrons. The lowest BCUT2D eigenvalue weighted by atomic mass is 10.3. The number of hydrogen-bond donors (Lipinski definition) is 3. The quantitative estimate of drug-likeness (QED) is 0.635. The number of rotatable bonds is 8. The molecule has 5 nitrogen and oxygen atoms in total. The normalized spacial score (nSPS) is 13.8. The number of hydrogen-bond acceptors (Lipinski definition) is 3. The van der Waals surface area contributed by atoms with E-state index >= 15 is 0 Å². The Labute approximate surface area is 123 Å². The average molecular weight is 293 g/mol. The van der Waals surface area contributed by atoms with E-state index in [2.05, 4.69) is 16.0 Å². The van der Waals surface area contributed by atoms with Gasteiger partial charge in [-0.25, -0.2) is 4.39 Å². The van der Waals surface area contributed by atoms with Gasteiger partial charge < -0.3 is 16.0 Å². The van der Waals surface area contributed by atoms with Crippen LogP contribution in [0, 0.1) is 5.82 Å². The van der Waals surface area contributed by atoms with Gasteiger partial charge in [-0.05, 0) is 44.0 Å². The van der Waals surface area contributed by atoms with Gasteiger partial charge in [0, 0.05) is 18.2 Å². The summed E-state index contributed by atoms with van der Waals surface area (Å²) in [7, 11) is 0. The number of carbonyl (C=O) groups excluding carboxylic acids is 2. The van der Waals surface area contributed by atoms with Gasteiger partial charge in [0.1, 0.15) is 5.82 Å². The fourth-order valence-electron chi connectivity index (χ4n) is 1.87. The lowest BCUT2D eigenvalue weighted by Crippen LogP contribution is -2.30. The molecule has 6 heteroatoms. The summed E-state index contributed by atoms with van der Waals surface area (Å²) in [6.45, 7) is 0.732. The highest BCUT2D eigenvalue weighted by Gasteiger charge is 2.22. The molecule has 0 radical (unpaired) electrons. The largest absolute Gasteiger partial charge is 0.353 e. The Morgan fingerprint density at radius 2 is 2.05 bits per heavy atom. The molecule has 1 saturated carbocycles. The van der Waals surface area contributed by atoms with Crippen LogP contribution in [0.25, 0.3) is 0 Å². The fourth-order valence-corrected chi connectivity index (χ4v) is 1.87. The molecule has 1 aliphatic carbocycles. The minimum atomic E-state index is -0.387. The molecule has 0 aliphatic heterocycles. The SMILES string of the molecule is O=C(CNCCCC(=O)NC1CC1)Nc1cccc(F)c1. The first-order valence-electron chi connectivity index (χ1n) is 7.19. The van der Waals surface area contributed by atoms with E-state index in [0.29, 0.717) is 31.1 Å². The van der Waals surface area contributed by atoms with Gasteiger partial charge in [-0.2, -0.15) is 0 Å². The minimum Gasteiger partial charge on any atom is -0.353 e. The number of anilines is 1. The Hall–Kier alpha value is -1.95. The summed E-state index contributed by atoms with van der Waals surface area (Å²) in [6.07, 6.45) is 3.33. The van der Waals surface area contributed by atoms with Crippen LogP contribution in [-0.2, 0) is 9.59 Å². The smallest absolute Gasteiger partial charge is 0.238 e. The predicted octanol–water partition coefficient (Wildman–Crippen LogP) is 1.41. The van der Waals surface area contributed by atoms with Crippen molar-refractivity contribution in [3.8, 4) is 0 Å². The summed E-state index contributed by atoms with van der Waals surface area (Å²) in [5.41, 5.74) is 0.436. The van der Waals surface area contributed by atoms with Crippen LogP contribution in [-0.4, -0.2) is 30.9 Å². The zero-order chi connectivity index (χ0) is 15.1. The number of halogens is 1. The van der Waals surface area contributed by atoms with E-state index in [1.54, 1.807) is 6.07 Å². The van der Waals surface area contributed by atoms with Crippen LogP contribution in [0.1, 0.15) is 25.7 Å². The zero-order valence-corrected chi connectivity index (χ0v) is 11.8. The van der Waals surface area contributed by atoms with Crippen molar-refractivity contribution in [1.29, 1.82) is 0 Å². The van der Waals surface area contributed by atoms with Gasteiger partial charge in [0.25, 0.3) is 0 Å². The van der Waals surface area contributed by atoms with Gasteiger partial charge in [-0.1, -0.05) is 6.07 Å². The Bertz CT molecular complexity index is 503. The molecule has 0 aromatic heterocycles. The lowest BCUT2D eigenvalue weighted by Gasteiger charge is -2.07. The van der Waals surface area contributed by atoms with Gasteiger partial charge in [-0.15, -0.1) is 0 Å². The second-order valence-electron chi connectivity index (χ2n) is 5.18. The summed E-state index contributed by atoms with van der Waals surface area (Å²) in [5, 5.41) is 8.46. The highest BCUT2D eigenvalue weighted by atomic mass is 19.1. The molecule has 0 spiro atoms. The van der Waals surface area contributed by atoms with E-state index in [1.165, 1.54) is 18.2 Å². The number of carbonyl (C=O) groups is 2. The molecule has 1 aromatic rings. The molecule has 2 amide bonds. The van der Waals surface area contributed by atoms with Crippen molar-refractivity contribution in [3.63, 3.8) is 0 Å². The minimum absolute atomic E-state index is 0.0727. The topological polar surface area (TPSA) is 70.2 Å². The molecule has 0 heterocycles. The highest BCUT2D eigenvalue weighted by molar-refractivity contribution is 5.92. The molecule has 1 aromatic carbocycles. The second kappa shape index (κ2) is 7.73. The van der Waals surface area contributed by atoms with Crippen LogP contribution in [0.2, 0.25) is 0 Å². The number of benzene rings is 1. The summed E-state index contributed by atoms with van der Waals surface area (Å²) >= 11 is 0. The van der Waals surface area contributed by atoms with E-state index in [4.69, 9.17) is 0 Å². The van der Waals surface area contributed by atoms with Crippen molar-refractivity contribution in [2.75, 3.05) is 18.4 Å². The van der Waals surface area contributed by atoms with Crippen molar-refractivity contribution >= 4 is 17.5 Å². The Morgan fingerprint density at radius 3 is 2.76 bits per heavy atom. The Kier molecular flexibility index (Phi) is 5.68. The van der Waals surface area contributed by atoms with Crippen LogP contribution in [0.3, 0.4) is 0 Å². The predicted molar refractivity (Wildman–Crippen MR) is 78.3 cm³/mol. The maximum Gasteiger partial charge on any atom is 0.238 e. The molecular weight excluding hydrogens is 273 g/mol. The van der Waals surface area contributed by atoms with Crippen LogP contribution < -0.4 is 16.0 Å². The highest BCUT2D eigenvalue weighted by Crippen LogP contribution is 2.18. The van der Waals surface area contributed by atoms with Gasteiger partial charge in [0.2, 0.25) is 11.8 Å². The number of nitrogens with one attached hydrogen (secondary N) is 3. The first kappa shape index (κ1) is 15.4. The average Bonchev–Trinajstić information content (AvgIpc) is 3.22.